The maximum absolute atomic E-state index is 10.1. The minimum atomic E-state index is -0.252. The van der Waals surface area contributed by atoms with E-state index >= 15 is 0 Å². The predicted octanol–water partition coefficient (Wildman–Crippen LogP) is 0.650. The van der Waals surface area contributed by atoms with Gasteiger partial charge < -0.3 is 14.3 Å². The molecule has 0 aromatic carbocycles. The van der Waals surface area contributed by atoms with Crippen LogP contribution in [0.1, 0.15) is 12.8 Å². The molecule has 2 heterocycles. The van der Waals surface area contributed by atoms with Crippen LogP contribution in [0.3, 0.4) is 0 Å². The Morgan fingerprint density at radius 3 is 2.36 bits per heavy atom. The maximum atomic E-state index is 10.1. The highest BCUT2D eigenvalue weighted by Crippen LogP contribution is 2.06. The molecule has 0 unspecified atom stereocenters. The molecule has 2 rings (SSSR count). The Morgan fingerprint density at radius 1 is 1.50 bits per heavy atom. The number of cyclic esters (lactones) is 1. The van der Waals surface area contributed by atoms with E-state index in [1.165, 1.54) is 6.20 Å². The molecule has 0 saturated carbocycles. The molecule has 0 bridgehead atoms. The topological polar surface area (TPSA) is 84.9 Å². The molecule has 0 spiro atoms. The molecule has 6 heteroatoms. The van der Waals surface area contributed by atoms with Crippen LogP contribution in [0, 0.1) is 6.92 Å². The highest BCUT2D eigenvalue weighted by atomic mass is 16.5. The Balaban J connectivity index is 0.000000140. The number of carbonyl (C=O) groups is 1. The van der Waals surface area contributed by atoms with Gasteiger partial charge in [-0.25, -0.2) is 14.8 Å². The summed E-state index contributed by atoms with van der Waals surface area (Å²) in [5.74, 6) is 0.581. The molecule has 1 aliphatic heterocycles. The fourth-order valence-corrected chi connectivity index (χ4v) is 0.755. The van der Waals surface area contributed by atoms with Gasteiger partial charge in [0, 0.05) is 13.8 Å². The van der Waals surface area contributed by atoms with Gasteiger partial charge in [0.1, 0.15) is 12.7 Å². The van der Waals surface area contributed by atoms with E-state index < -0.39 is 0 Å². The average Bonchev–Trinajstić information content (AvgIpc) is 2.63. The standard InChI is InChI=1S/2C4H5NO2/c2*1-3-5-2-4(6)7-3/h2H2,1H3;2,6H,1H3. The number of aliphatic imine (C=N–C) groups is 1. The van der Waals surface area contributed by atoms with Gasteiger partial charge in [0.15, 0.2) is 11.8 Å². The van der Waals surface area contributed by atoms with Crippen molar-refractivity contribution in [2.45, 2.75) is 13.8 Å². The van der Waals surface area contributed by atoms with E-state index in [1.54, 1.807) is 13.8 Å². The summed E-state index contributed by atoms with van der Waals surface area (Å²) in [6, 6.07) is 0. The molecule has 1 N–H and O–H groups in total. The SMILES string of the molecule is CC1=NCC(=O)O1.Cc1ncc(O)o1. The van der Waals surface area contributed by atoms with Gasteiger partial charge in [-0.15, -0.1) is 0 Å². The van der Waals surface area contributed by atoms with Gasteiger partial charge in [0.25, 0.3) is 0 Å². The van der Waals surface area contributed by atoms with Crippen molar-refractivity contribution in [2.24, 2.45) is 4.99 Å². The summed E-state index contributed by atoms with van der Waals surface area (Å²) in [5.41, 5.74) is 0. The largest absolute Gasteiger partial charge is 0.480 e. The summed E-state index contributed by atoms with van der Waals surface area (Å²) >= 11 is 0. The number of oxazole rings is 1. The van der Waals surface area contributed by atoms with Gasteiger partial charge in [-0.2, -0.15) is 0 Å². The quantitative estimate of drug-likeness (QED) is 0.618. The Labute approximate surface area is 80.2 Å². The van der Waals surface area contributed by atoms with Crippen molar-refractivity contribution in [3.8, 4) is 5.95 Å². The molecule has 6 nitrogen and oxygen atoms in total. The van der Waals surface area contributed by atoms with Gasteiger partial charge in [-0.05, 0) is 0 Å². The minimum absolute atomic E-state index is 0.127. The van der Waals surface area contributed by atoms with E-state index in [4.69, 9.17) is 5.11 Å². The van der Waals surface area contributed by atoms with Crippen LogP contribution >= 0.6 is 0 Å². The zero-order valence-electron chi connectivity index (χ0n) is 7.85. The zero-order valence-corrected chi connectivity index (χ0v) is 7.85. The number of rotatable bonds is 0. The first-order valence-electron chi connectivity index (χ1n) is 3.91. The number of hydrogen-bond acceptors (Lipinski definition) is 6. The lowest BCUT2D eigenvalue weighted by Crippen LogP contribution is -2.00. The molecule has 1 aromatic heterocycles. The molecular formula is C8H10N2O4. The van der Waals surface area contributed by atoms with Crippen LogP contribution in [0.4, 0.5) is 0 Å². The second-order valence-corrected chi connectivity index (χ2v) is 2.53. The normalized spacial score (nSPS) is 14.1. The van der Waals surface area contributed by atoms with Crippen LogP contribution < -0.4 is 0 Å². The summed E-state index contributed by atoms with van der Waals surface area (Å²) < 4.78 is 9.00. The first-order chi connectivity index (χ1) is 6.58. The number of esters is 1. The molecule has 0 saturated heterocycles. The molecular weight excluding hydrogens is 188 g/mol. The fraction of sp³-hybridized carbons (Fsp3) is 0.375. The predicted molar refractivity (Wildman–Crippen MR) is 47.0 cm³/mol. The second kappa shape index (κ2) is 4.40. The summed E-state index contributed by atoms with van der Waals surface area (Å²) in [6.07, 6.45) is 1.26. The van der Waals surface area contributed by atoms with Crippen molar-refractivity contribution in [1.29, 1.82) is 0 Å². The number of ether oxygens (including phenoxy) is 1. The summed E-state index contributed by atoms with van der Waals surface area (Å²) in [6.45, 7) is 3.52. The van der Waals surface area contributed by atoms with Gasteiger partial charge >= 0.3 is 11.9 Å². The molecule has 0 fully saturated rings. The fourth-order valence-electron chi connectivity index (χ4n) is 0.755. The van der Waals surface area contributed by atoms with E-state index in [0.717, 1.165) is 0 Å². The molecule has 14 heavy (non-hydrogen) atoms. The smallest absolute Gasteiger partial charge is 0.334 e. The maximum Gasteiger partial charge on any atom is 0.334 e. The Morgan fingerprint density at radius 2 is 2.21 bits per heavy atom. The van der Waals surface area contributed by atoms with Crippen molar-refractivity contribution in [3.05, 3.63) is 12.1 Å². The molecule has 76 valence electrons. The lowest BCUT2D eigenvalue weighted by atomic mass is 10.7. The Kier molecular flexibility index (Phi) is 3.22. The van der Waals surface area contributed by atoms with Crippen LogP contribution in [0.25, 0.3) is 0 Å². The first-order valence-corrected chi connectivity index (χ1v) is 3.91. The average molecular weight is 198 g/mol. The summed E-state index contributed by atoms with van der Waals surface area (Å²) in [5, 5.41) is 8.42. The lowest BCUT2D eigenvalue weighted by molar-refractivity contribution is -0.132. The van der Waals surface area contributed by atoms with Gasteiger partial charge in [-0.3, -0.25) is 0 Å². The van der Waals surface area contributed by atoms with Crippen LogP contribution in [0.15, 0.2) is 15.6 Å². The van der Waals surface area contributed by atoms with Crippen molar-refractivity contribution in [2.75, 3.05) is 6.54 Å². The highest BCUT2D eigenvalue weighted by molar-refractivity contribution is 5.93. The number of carbonyl (C=O) groups excluding carboxylic acids is 1. The van der Waals surface area contributed by atoms with E-state index in [9.17, 15) is 4.79 Å². The molecule has 0 atom stereocenters. The number of aryl methyl sites for hydroxylation is 1. The van der Waals surface area contributed by atoms with Crippen LogP contribution in [-0.4, -0.2) is 28.5 Å². The van der Waals surface area contributed by atoms with E-state index in [1.807, 2.05) is 0 Å². The molecule has 0 radical (unpaired) electrons. The highest BCUT2D eigenvalue weighted by Gasteiger charge is 2.09. The summed E-state index contributed by atoms with van der Waals surface area (Å²) in [4.78, 5) is 17.4. The number of nitrogens with zero attached hydrogens (tertiary/aromatic N) is 2. The number of aromatic hydroxyl groups is 1. The molecule has 1 aliphatic rings. The van der Waals surface area contributed by atoms with Gasteiger partial charge in [0.05, 0.1) is 0 Å². The van der Waals surface area contributed by atoms with Crippen molar-refractivity contribution in [1.82, 2.24) is 4.98 Å². The third-order valence-electron chi connectivity index (χ3n) is 1.30. The minimum Gasteiger partial charge on any atom is -0.480 e. The molecule has 0 amide bonds. The van der Waals surface area contributed by atoms with Gasteiger partial charge in [0.2, 0.25) is 0 Å². The third kappa shape index (κ3) is 3.26. The Bertz CT molecular complexity index is 339. The number of hydrogen-bond donors (Lipinski definition) is 1. The molecule has 0 aliphatic carbocycles. The number of aromatic nitrogens is 1. The van der Waals surface area contributed by atoms with Crippen molar-refractivity contribution < 1.29 is 19.1 Å². The first kappa shape index (κ1) is 10.2. The Hall–Kier alpha value is -1.85. The van der Waals surface area contributed by atoms with Crippen LogP contribution in [0.5, 0.6) is 5.95 Å². The van der Waals surface area contributed by atoms with E-state index in [2.05, 4.69) is 19.1 Å². The lowest BCUT2D eigenvalue weighted by Gasteiger charge is -1.84. The van der Waals surface area contributed by atoms with Crippen molar-refractivity contribution >= 4 is 11.9 Å². The second-order valence-electron chi connectivity index (χ2n) is 2.53. The third-order valence-corrected chi connectivity index (χ3v) is 1.30. The van der Waals surface area contributed by atoms with E-state index in [-0.39, 0.29) is 18.5 Å². The zero-order chi connectivity index (χ0) is 10.6. The summed E-state index contributed by atoms with van der Waals surface area (Å²) in [7, 11) is 0. The van der Waals surface area contributed by atoms with Crippen LogP contribution in [0.2, 0.25) is 0 Å². The molecule has 1 aromatic rings. The van der Waals surface area contributed by atoms with Crippen molar-refractivity contribution in [3.63, 3.8) is 0 Å². The van der Waals surface area contributed by atoms with Gasteiger partial charge in [-0.1, -0.05) is 0 Å². The van der Waals surface area contributed by atoms with Crippen LogP contribution in [-0.2, 0) is 9.53 Å². The monoisotopic (exact) mass is 198 g/mol. The van der Waals surface area contributed by atoms with E-state index in [0.29, 0.717) is 11.8 Å².